The Kier molecular flexibility index (Phi) is 7.17. The van der Waals surface area contributed by atoms with Crippen LogP contribution < -0.4 is 10.6 Å². The molecule has 0 aromatic heterocycles. The topological polar surface area (TPSA) is 108 Å². The Bertz CT molecular complexity index is 1050. The minimum atomic E-state index is -0.625. The molecular formula is C21H19Cl2N3O5. The highest BCUT2D eigenvalue weighted by Gasteiger charge is 2.34. The molecule has 0 fully saturated rings. The van der Waals surface area contributed by atoms with Gasteiger partial charge in [-0.3, -0.25) is 9.59 Å². The summed E-state index contributed by atoms with van der Waals surface area (Å²) in [5, 5.41) is 15.4. The van der Waals surface area contributed by atoms with Gasteiger partial charge >= 0.3 is 5.97 Å². The minimum Gasteiger partial charge on any atom is -0.466 e. The van der Waals surface area contributed by atoms with Gasteiger partial charge < -0.3 is 25.4 Å². The van der Waals surface area contributed by atoms with Crippen molar-refractivity contribution in [1.82, 2.24) is 4.90 Å². The number of ether oxygens (including phenoxy) is 1. The second kappa shape index (κ2) is 9.82. The third-order valence-corrected chi connectivity index (χ3v) is 5.09. The van der Waals surface area contributed by atoms with Gasteiger partial charge in [-0.25, -0.2) is 4.79 Å². The van der Waals surface area contributed by atoms with E-state index in [1.54, 1.807) is 30.3 Å². The average Bonchev–Trinajstić information content (AvgIpc) is 3.04. The van der Waals surface area contributed by atoms with Crippen LogP contribution in [-0.2, 0) is 14.3 Å². The third kappa shape index (κ3) is 5.16. The fourth-order valence-electron chi connectivity index (χ4n) is 3.00. The van der Waals surface area contributed by atoms with Gasteiger partial charge in [-0.2, -0.15) is 0 Å². The zero-order valence-electron chi connectivity index (χ0n) is 16.4. The van der Waals surface area contributed by atoms with Crippen LogP contribution in [0.25, 0.3) is 0 Å². The number of hydrogen-bond donors (Lipinski definition) is 3. The van der Waals surface area contributed by atoms with Gasteiger partial charge in [0.05, 0.1) is 36.4 Å². The Balaban J connectivity index is 1.74. The molecular weight excluding hydrogens is 445 g/mol. The van der Waals surface area contributed by atoms with Gasteiger partial charge in [0.25, 0.3) is 11.8 Å². The number of halogens is 2. The molecule has 2 amide bonds. The van der Waals surface area contributed by atoms with Crippen LogP contribution in [0.4, 0.5) is 11.4 Å². The molecule has 1 heterocycles. The fraction of sp³-hybridized carbons (Fsp3) is 0.190. The highest BCUT2D eigenvalue weighted by Crippen LogP contribution is 2.25. The summed E-state index contributed by atoms with van der Waals surface area (Å²) in [6.07, 6.45) is 0. The number of amides is 2. The summed E-state index contributed by atoms with van der Waals surface area (Å²) in [5.74, 6) is -1.44. The van der Waals surface area contributed by atoms with Crippen molar-refractivity contribution in [1.29, 1.82) is 0 Å². The summed E-state index contributed by atoms with van der Waals surface area (Å²) in [6, 6.07) is 11.1. The molecule has 0 spiro atoms. The van der Waals surface area contributed by atoms with Gasteiger partial charge in [-0.15, -0.1) is 0 Å². The van der Waals surface area contributed by atoms with Crippen LogP contribution in [-0.4, -0.2) is 54.6 Å². The zero-order chi connectivity index (χ0) is 22.5. The van der Waals surface area contributed by atoms with Crippen molar-refractivity contribution < 1.29 is 24.2 Å². The quantitative estimate of drug-likeness (QED) is 0.544. The standard InChI is InChI=1S/C21H19Cl2N3O5/c1-31-21(30)16-11-26(8-9-27)20(29)18(16)24-13-3-5-14(6-4-13)25-19(28)15-7-2-12(22)10-17(15)23/h2-7,10,24,27H,8-9,11H2,1H3,(H,25,28). The minimum absolute atomic E-state index is 0.0460. The molecule has 0 bridgehead atoms. The van der Waals surface area contributed by atoms with Crippen molar-refractivity contribution in [3.8, 4) is 0 Å². The first-order valence-corrected chi connectivity index (χ1v) is 9.94. The number of carbonyl (C=O) groups is 3. The van der Waals surface area contributed by atoms with Crippen LogP contribution in [0.15, 0.2) is 53.7 Å². The van der Waals surface area contributed by atoms with E-state index in [4.69, 9.17) is 33.0 Å². The number of nitrogens with zero attached hydrogens (tertiary/aromatic N) is 1. The van der Waals surface area contributed by atoms with Crippen LogP contribution in [0.5, 0.6) is 0 Å². The summed E-state index contributed by atoms with van der Waals surface area (Å²) in [6.45, 7) is -0.0768. The largest absolute Gasteiger partial charge is 0.466 e. The Labute approximate surface area is 188 Å². The van der Waals surface area contributed by atoms with E-state index in [0.29, 0.717) is 16.4 Å². The number of esters is 1. The molecule has 1 aliphatic heterocycles. The first kappa shape index (κ1) is 22.6. The molecule has 0 aliphatic carbocycles. The monoisotopic (exact) mass is 463 g/mol. The molecule has 0 saturated heterocycles. The van der Waals surface area contributed by atoms with Crippen molar-refractivity contribution in [3.05, 3.63) is 69.3 Å². The van der Waals surface area contributed by atoms with E-state index < -0.39 is 17.8 Å². The van der Waals surface area contributed by atoms with Gasteiger partial charge in [0, 0.05) is 22.9 Å². The number of benzene rings is 2. The van der Waals surface area contributed by atoms with Crippen molar-refractivity contribution in [2.24, 2.45) is 0 Å². The first-order chi connectivity index (χ1) is 14.8. The molecule has 0 unspecified atom stereocenters. The van der Waals surface area contributed by atoms with Crippen molar-refractivity contribution in [2.45, 2.75) is 0 Å². The van der Waals surface area contributed by atoms with E-state index in [1.165, 1.54) is 24.1 Å². The van der Waals surface area contributed by atoms with Gasteiger partial charge in [-0.05, 0) is 42.5 Å². The van der Waals surface area contributed by atoms with Gasteiger partial charge in [0.15, 0.2) is 0 Å². The van der Waals surface area contributed by atoms with E-state index in [2.05, 4.69) is 10.6 Å². The predicted molar refractivity (Wildman–Crippen MR) is 117 cm³/mol. The molecule has 1 aliphatic rings. The van der Waals surface area contributed by atoms with Crippen molar-refractivity contribution in [2.75, 3.05) is 37.4 Å². The van der Waals surface area contributed by atoms with E-state index in [9.17, 15) is 14.4 Å². The van der Waals surface area contributed by atoms with Crippen LogP contribution in [0.3, 0.4) is 0 Å². The Morgan fingerprint density at radius 2 is 1.81 bits per heavy atom. The summed E-state index contributed by atoms with van der Waals surface area (Å²) in [4.78, 5) is 38.4. The number of aliphatic hydroxyl groups excluding tert-OH is 1. The molecule has 3 N–H and O–H groups in total. The number of carbonyl (C=O) groups excluding carboxylic acids is 3. The predicted octanol–water partition coefficient (Wildman–Crippen LogP) is 2.92. The number of aliphatic hydroxyl groups is 1. The van der Waals surface area contributed by atoms with Crippen LogP contribution >= 0.6 is 23.2 Å². The van der Waals surface area contributed by atoms with Gasteiger partial charge in [0.1, 0.15) is 5.70 Å². The maximum absolute atomic E-state index is 12.6. The zero-order valence-corrected chi connectivity index (χ0v) is 18.0. The second-order valence-corrected chi connectivity index (χ2v) is 7.42. The number of hydrogen-bond acceptors (Lipinski definition) is 6. The lowest BCUT2D eigenvalue weighted by Crippen LogP contribution is -2.31. The molecule has 31 heavy (non-hydrogen) atoms. The molecule has 2 aromatic carbocycles. The van der Waals surface area contributed by atoms with Crippen molar-refractivity contribution >= 4 is 52.4 Å². The van der Waals surface area contributed by atoms with Crippen molar-refractivity contribution in [3.63, 3.8) is 0 Å². The molecule has 0 saturated carbocycles. The van der Waals surface area contributed by atoms with E-state index in [0.717, 1.165) is 0 Å². The van der Waals surface area contributed by atoms with E-state index >= 15 is 0 Å². The Morgan fingerprint density at radius 3 is 2.42 bits per heavy atom. The molecule has 162 valence electrons. The van der Waals surface area contributed by atoms with Gasteiger partial charge in [0.2, 0.25) is 0 Å². The van der Waals surface area contributed by atoms with Crippen LogP contribution in [0.1, 0.15) is 10.4 Å². The van der Waals surface area contributed by atoms with E-state index in [-0.39, 0.29) is 41.6 Å². The molecule has 8 nitrogen and oxygen atoms in total. The third-order valence-electron chi connectivity index (χ3n) is 4.54. The summed E-state index contributed by atoms with van der Waals surface area (Å²) in [7, 11) is 1.23. The maximum atomic E-state index is 12.6. The Morgan fingerprint density at radius 1 is 1.13 bits per heavy atom. The number of anilines is 2. The van der Waals surface area contributed by atoms with Crippen LogP contribution in [0, 0.1) is 0 Å². The first-order valence-electron chi connectivity index (χ1n) is 9.19. The number of methoxy groups -OCH3 is 1. The Hall–Kier alpha value is -3.07. The summed E-state index contributed by atoms with van der Waals surface area (Å²) < 4.78 is 4.75. The number of rotatable bonds is 7. The maximum Gasteiger partial charge on any atom is 0.337 e. The molecule has 0 radical (unpaired) electrons. The van der Waals surface area contributed by atoms with Gasteiger partial charge in [-0.1, -0.05) is 23.2 Å². The SMILES string of the molecule is COC(=O)C1=C(Nc2ccc(NC(=O)c3ccc(Cl)cc3Cl)cc2)C(=O)N(CCO)C1. The van der Waals surface area contributed by atoms with Crippen LogP contribution in [0.2, 0.25) is 10.0 Å². The highest BCUT2D eigenvalue weighted by atomic mass is 35.5. The smallest absolute Gasteiger partial charge is 0.337 e. The van der Waals surface area contributed by atoms with E-state index in [1.807, 2.05) is 0 Å². The highest BCUT2D eigenvalue weighted by molar-refractivity contribution is 6.37. The summed E-state index contributed by atoms with van der Waals surface area (Å²) in [5.41, 5.74) is 1.57. The molecule has 3 rings (SSSR count). The summed E-state index contributed by atoms with van der Waals surface area (Å²) >= 11 is 11.9. The lowest BCUT2D eigenvalue weighted by atomic mass is 10.2. The number of β-amino-alcohol motifs (C(OH)–C–C–N with tert-alkyl or cyclic N) is 1. The normalized spacial score (nSPS) is 13.4. The fourth-order valence-corrected chi connectivity index (χ4v) is 3.50. The molecule has 0 atom stereocenters. The number of nitrogens with one attached hydrogen (secondary N) is 2. The lowest BCUT2D eigenvalue weighted by molar-refractivity contribution is -0.136. The lowest BCUT2D eigenvalue weighted by Gasteiger charge is -2.15. The molecule has 10 heteroatoms. The molecule has 2 aromatic rings. The average molecular weight is 464 g/mol. The second-order valence-electron chi connectivity index (χ2n) is 6.58.